The molecule has 8 rings (SSSR count). The van der Waals surface area contributed by atoms with Crippen LogP contribution in [-0.2, 0) is 0 Å². The molecule has 8 aromatic carbocycles. The highest BCUT2D eigenvalue weighted by Gasteiger charge is 2.14. The van der Waals surface area contributed by atoms with Gasteiger partial charge in [-0.2, -0.15) is 0 Å². The molecule has 0 aromatic heterocycles. The van der Waals surface area contributed by atoms with Gasteiger partial charge in [-0.15, -0.1) is 0 Å². The number of fused-ring (bicyclic) bond motifs is 4. The van der Waals surface area contributed by atoms with Crippen molar-refractivity contribution in [1.82, 2.24) is 0 Å². The van der Waals surface area contributed by atoms with Gasteiger partial charge in [-0.3, -0.25) is 0 Å². The van der Waals surface area contributed by atoms with E-state index in [0.717, 1.165) is 5.57 Å². The summed E-state index contributed by atoms with van der Waals surface area (Å²) < 4.78 is 0. The fourth-order valence-electron chi connectivity index (χ4n) is 6.30. The van der Waals surface area contributed by atoms with Crippen LogP contribution in [-0.4, -0.2) is 0 Å². The van der Waals surface area contributed by atoms with Crippen LogP contribution in [0.15, 0.2) is 183 Å². The number of allylic oxidation sites excluding steroid dienone is 2. The summed E-state index contributed by atoms with van der Waals surface area (Å²) in [4.78, 5) is 0. The molecular weight excluding hydrogens is 540 g/mol. The molecule has 0 atom stereocenters. The van der Waals surface area contributed by atoms with Crippen LogP contribution in [0.4, 0.5) is 0 Å². The molecule has 0 spiro atoms. The molecule has 0 fully saturated rings. The Morgan fingerprint density at radius 1 is 0.400 bits per heavy atom. The number of rotatable bonds is 4. The van der Waals surface area contributed by atoms with Crippen molar-refractivity contribution in [3.63, 3.8) is 0 Å². The van der Waals surface area contributed by atoms with Crippen molar-refractivity contribution in [3.8, 4) is 33.4 Å². The summed E-state index contributed by atoms with van der Waals surface area (Å²) in [7, 11) is 0. The summed E-state index contributed by atoms with van der Waals surface area (Å²) in [5.74, 6) is 0. The third-order valence-corrected chi connectivity index (χ3v) is 8.61. The van der Waals surface area contributed by atoms with E-state index in [-0.39, 0.29) is 0 Å². The van der Waals surface area contributed by atoms with Gasteiger partial charge < -0.3 is 0 Å². The summed E-state index contributed by atoms with van der Waals surface area (Å²) in [6, 6.07) is 57.6. The molecule has 0 heteroatoms. The maximum atomic E-state index is 3.56. The van der Waals surface area contributed by atoms with Crippen molar-refractivity contribution in [3.05, 3.63) is 183 Å². The van der Waals surface area contributed by atoms with E-state index in [1.165, 1.54) is 76.5 Å². The predicted octanol–water partition coefficient (Wildman–Crippen LogP) is 13.0. The van der Waals surface area contributed by atoms with Gasteiger partial charge in [-0.25, -0.2) is 0 Å². The molecule has 0 aliphatic carbocycles. The second-order valence-corrected chi connectivity index (χ2v) is 11.6. The first-order valence-corrected chi connectivity index (χ1v) is 15.4. The van der Waals surface area contributed by atoms with Crippen molar-refractivity contribution in [2.75, 3.05) is 0 Å². The van der Waals surface area contributed by atoms with E-state index < -0.39 is 0 Å². The Morgan fingerprint density at radius 2 is 0.756 bits per heavy atom. The van der Waals surface area contributed by atoms with Gasteiger partial charge in [0.25, 0.3) is 0 Å². The highest BCUT2D eigenvalue weighted by molar-refractivity contribution is 6.12. The third-order valence-electron chi connectivity index (χ3n) is 8.61. The van der Waals surface area contributed by atoms with Gasteiger partial charge >= 0.3 is 0 Å². The van der Waals surface area contributed by atoms with E-state index in [0.29, 0.717) is 0 Å². The van der Waals surface area contributed by atoms with Gasteiger partial charge in [0.1, 0.15) is 0 Å². The van der Waals surface area contributed by atoms with Crippen molar-refractivity contribution >= 4 is 43.1 Å². The fourth-order valence-corrected chi connectivity index (χ4v) is 6.30. The van der Waals surface area contributed by atoms with Crippen LogP contribution in [0.5, 0.6) is 0 Å². The molecule has 0 aliphatic heterocycles. The lowest BCUT2D eigenvalue weighted by Gasteiger charge is -2.16. The van der Waals surface area contributed by atoms with Crippen LogP contribution in [0.25, 0.3) is 76.5 Å². The van der Waals surface area contributed by atoms with Crippen LogP contribution >= 0.6 is 0 Å². The smallest absolute Gasteiger partial charge is 0.00987 e. The van der Waals surface area contributed by atoms with Crippen molar-refractivity contribution < 1.29 is 0 Å². The van der Waals surface area contributed by atoms with E-state index in [4.69, 9.17) is 0 Å². The number of hydrogen-bond acceptors (Lipinski definition) is 0. The highest BCUT2D eigenvalue weighted by Crippen LogP contribution is 2.41. The van der Waals surface area contributed by atoms with E-state index >= 15 is 0 Å². The monoisotopic (exact) mass is 574 g/mol. The predicted molar refractivity (Wildman–Crippen MR) is 198 cm³/mol. The Bertz CT molecular complexity index is 2260. The summed E-state index contributed by atoms with van der Waals surface area (Å²) in [6.45, 7) is 8.93. The molecule has 0 heterocycles. The van der Waals surface area contributed by atoms with Crippen LogP contribution in [0, 0.1) is 0 Å². The lowest BCUT2D eigenvalue weighted by molar-refractivity contribution is 1.58. The molecule has 45 heavy (non-hydrogen) atoms. The highest BCUT2D eigenvalue weighted by atomic mass is 14.2. The molecule has 0 radical (unpaired) electrons. The minimum absolute atomic E-state index is 1.02. The normalized spacial score (nSPS) is 11.0. The molecule has 0 aliphatic rings. The van der Waals surface area contributed by atoms with E-state index in [2.05, 4.69) is 171 Å². The standard InChI is InChI=1S/C40H26.C5H8/c1-3-11-29-25-31(21-19-27(29)9-1)33-15-7-17-38-36(33)16-8-18-39(38)40-24-23-34(35-13-5-6-14-37(35)40)32-22-20-28-10-2-4-12-30(28)26-32;1-4-5(2)3/h1-26H;4H,1-2H2,3H3. The largest absolute Gasteiger partial charge is 0.0988 e. The van der Waals surface area contributed by atoms with Gasteiger partial charge in [0.15, 0.2) is 0 Å². The zero-order valence-electron chi connectivity index (χ0n) is 25.5. The van der Waals surface area contributed by atoms with Gasteiger partial charge in [-0.1, -0.05) is 170 Å². The molecule has 0 bridgehead atoms. The summed E-state index contributed by atoms with van der Waals surface area (Å²) in [6.07, 6.45) is 1.72. The van der Waals surface area contributed by atoms with Gasteiger partial charge in [0, 0.05) is 0 Å². The second kappa shape index (κ2) is 12.1. The van der Waals surface area contributed by atoms with Crippen molar-refractivity contribution in [1.29, 1.82) is 0 Å². The lowest BCUT2D eigenvalue weighted by Crippen LogP contribution is -1.89. The Morgan fingerprint density at radius 3 is 1.27 bits per heavy atom. The van der Waals surface area contributed by atoms with E-state index in [1.54, 1.807) is 6.08 Å². The van der Waals surface area contributed by atoms with E-state index in [9.17, 15) is 0 Å². The van der Waals surface area contributed by atoms with Crippen LogP contribution in [0.2, 0.25) is 0 Å². The summed E-state index contributed by atoms with van der Waals surface area (Å²) in [5.41, 5.74) is 8.58. The van der Waals surface area contributed by atoms with Crippen molar-refractivity contribution in [2.24, 2.45) is 0 Å². The first-order chi connectivity index (χ1) is 22.1. The molecule has 8 aromatic rings. The van der Waals surface area contributed by atoms with E-state index in [1.807, 2.05) is 6.92 Å². The quantitative estimate of drug-likeness (QED) is 0.183. The number of hydrogen-bond donors (Lipinski definition) is 0. The topological polar surface area (TPSA) is 0 Å². The van der Waals surface area contributed by atoms with Crippen LogP contribution < -0.4 is 0 Å². The SMILES string of the molecule is C=CC(=C)C.c1ccc2cc(-c3cccc4c(-c5ccc(-c6ccc7ccccc7c6)c6ccccc56)cccc34)ccc2c1. The average molecular weight is 575 g/mol. The molecular formula is C45H34. The minimum Gasteiger partial charge on any atom is -0.0988 e. The summed E-state index contributed by atoms with van der Waals surface area (Å²) in [5, 5.41) is 10.2. The second-order valence-electron chi connectivity index (χ2n) is 11.6. The van der Waals surface area contributed by atoms with Gasteiger partial charge in [-0.05, 0) is 95.5 Å². The Hall–Kier alpha value is -5.72. The number of benzene rings is 8. The maximum absolute atomic E-state index is 3.56. The molecule has 0 N–H and O–H groups in total. The molecule has 0 saturated heterocycles. The Labute approximate surface area is 265 Å². The van der Waals surface area contributed by atoms with Gasteiger partial charge in [0.2, 0.25) is 0 Å². The Kier molecular flexibility index (Phi) is 7.56. The first kappa shape index (κ1) is 28.1. The lowest BCUT2D eigenvalue weighted by atomic mass is 9.88. The zero-order valence-corrected chi connectivity index (χ0v) is 25.5. The molecule has 0 amide bonds. The molecule has 0 saturated carbocycles. The van der Waals surface area contributed by atoms with Crippen LogP contribution in [0.1, 0.15) is 6.92 Å². The zero-order chi connectivity index (χ0) is 30.8. The molecule has 0 unspecified atom stereocenters. The van der Waals surface area contributed by atoms with Crippen LogP contribution in [0.3, 0.4) is 0 Å². The summed E-state index contributed by atoms with van der Waals surface area (Å²) >= 11 is 0. The third kappa shape index (κ3) is 5.44. The van der Waals surface area contributed by atoms with Gasteiger partial charge in [0.05, 0.1) is 0 Å². The molecule has 214 valence electrons. The van der Waals surface area contributed by atoms with Crippen molar-refractivity contribution in [2.45, 2.75) is 6.92 Å². The first-order valence-electron chi connectivity index (χ1n) is 15.4. The molecule has 0 nitrogen and oxygen atoms in total. The fraction of sp³-hybridized carbons (Fsp3) is 0.0222. The minimum atomic E-state index is 1.02. The Balaban J connectivity index is 0.000000606. The maximum Gasteiger partial charge on any atom is -0.00987 e. The average Bonchev–Trinajstić information content (AvgIpc) is 3.10.